The van der Waals surface area contributed by atoms with Crippen LogP contribution < -0.4 is 6.15 Å². The van der Waals surface area contributed by atoms with Crippen molar-refractivity contribution in [3.8, 4) is 0 Å². The molecular weight excluding hydrogens is 156 g/mol. The van der Waals surface area contributed by atoms with Crippen molar-refractivity contribution in [2.75, 3.05) is 0 Å². The highest BCUT2D eigenvalue weighted by Gasteiger charge is 2.00. The first kappa shape index (κ1) is 23.7. The van der Waals surface area contributed by atoms with Gasteiger partial charge in [-0.1, -0.05) is 0 Å². The van der Waals surface area contributed by atoms with Crippen molar-refractivity contribution in [3.63, 3.8) is 0 Å². The molecule has 0 aliphatic rings. The molecule has 0 spiro atoms. The lowest BCUT2D eigenvalue weighted by atomic mass is 14.0. The lowest BCUT2D eigenvalue weighted by molar-refractivity contribution is 0.275. The summed E-state index contributed by atoms with van der Waals surface area (Å²) in [7, 11) is -4.64. The first-order chi connectivity index (χ1) is 2.00. The van der Waals surface area contributed by atoms with Gasteiger partial charge in [-0.2, -0.15) is 9.90 Å². The fourth-order valence-corrected chi connectivity index (χ4v) is 0. The van der Waals surface area contributed by atoms with Gasteiger partial charge in [0.2, 0.25) is 0 Å². The molecule has 0 aliphatic carbocycles. The molecule has 0 aliphatic heterocycles. The minimum atomic E-state index is -4.64. The van der Waals surface area contributed by atoms with E-state index in [0.29, 0.717) is 0 Å². The summed E-state index contributed by atoms with van der Waals surface area (Å²) in [5, 5.41) is 0. The van der Waals surface area contributed by atoms with Crippen LogP contribution in [0, 0.1) is 0 Å². The summed E-state index contributed by atoms with van der Waals surface area (Å²) >= 11 is 0. The van der Waals surface area contributed by atoms with Crippen molar-refractivity contribution in [3.05, 3.63) is 0 Å². The molecule has 1 unspecified atom stereocenters. The van der Waals surface area contributed by atoms with Gasteiger partial charge in [0.05, 0.1) is 0 Å². The molecule has 0 bridgehead atoms. The fourth-order valence-electron chi connectivity index (χ4n) is 0. The molecule has 0 rings (SSSR count). The van der Waals surface area contributed by atoms with E-state index in [0.717, 1.165) is 0 Å². The molecule has 0 radical (unpaired) electrons. The van der Waals surface area contributed by atoms with Crippen LogP contribution in [0.15, 0.2) is 0 Å². The predicted molar refractivity (Wildman–Crippen MR) is 34.0 cm³/mol. The zero-order valence-corrected chi connectivity index (χ0v) is 6.42. The van der Waals surface area contributed by atoms with Crippen LogP contribution in [0.4, 0.5) is 0 Å². The van der Waals surface area contributed by atoms with Crippen LogP contribution in [0.2, 0.25) is 0 Å². The topological polar surface area (TPSA) is 144 Å². The zero-order chi connectivity index (χ0) is 4.50. The second-order valence-electron chi connectivity index (χ2n) is 0.513. The van der Waals surface area contributed by atoms with Crippen molar-refractivity contribution >= 4 is 17.7 Å². The predicted octanol–water partition coefficient (Wildman–Crippen LogP) is -1.53. The fraction of sp³-hybridized carbons (Fsp3) is 0. The van der Waals surface area contributed by atoms with Crippen molar-refractivity contribution in [1.29, 1.82) is 0 Å². The third-order valence-electron chi connectivity index (χ3n) is 0. The largest absolute Gasteiger partial charge is 0.466 e. The van der Waals surface area contributed by atoms with Gasteiger partial charge in [-0.15, -0.1) is 0 Å². The van der Waals surface area contributed by atoms with Crippen molar-refractivity contribution in [2.45, 2.75) is 0 Å². The van der Waals surface area contributed by atoms with E-state index in [1.165, 1.54) is 0 Å². The molecule has 0 aromatic rings. The Kier molecular flexibility index (Phi) is 22.1. The second-order valence-corrected chi connectivity index (χ2v) is 1.54. The smallest absolute Gasteiger partial charge is 0.412 e. The summed E-state index contributed by atoms with van der Waals surface area (Å²) in [5.74, 6) is 0. The molecule has 0 saturated carbocycles. The molecule has 0 heterocycles. The first-order valence-electron chi connectivity index (χ1n) is 0.783. The van der Waals surface area contributed by atoms with E-state index >= 15 is 0 Å². The maximum atomic E-state index is 8.88. The second kappa shape index (κ2) is 7.46. The van der Waals surface area contributed by atoms with E-state index in [9.17, 15) is 0 Å². The summed E-state index contributed by atoms with van der Waals surface area (Å²) in [6, 6.07) is 0. The van der Waals surface area contributed by atoms with Crippen molar-refractivity contribution in [2.24, 2.45) is 0 Å². The SMILES string of the molecule is N.O.O=P(O)(O)O.P. The molecule has 8 heavy (non-hydrogen) atoms. The molecule has 0 amide bonds. The average molecular weight is 167 g/mol. The van der Waals surface area contributed by atoms with Gasteiger partial charge in [0.15, 0.2) is 0 Å². The van der Waals surface area contributed by atoms with Crippen LogP contribution in [0.5, 0.6) is 0 Å². The third kappa shape index (κ3) is 910. The Bertz CT molecular complexity index is 56.6. The summed E-state index contributed by atoms with van der Waals surface area (Å²) in [4.78, 5) is 21.6. The monoisotopic (exact) mass is 167 g/mol. The standard InChI is InChI=1S/H3N.H3O4P.H2O.H3P/c;1-5(2,3)4;;/h1H3;(H3,1,2,3,4);1H2;1H3. The average Bonchev–Trinajstić information content (AvgIpc) is 0.722. The lowest BCUT2D eigenvalue weighted by Gasteiger charge is -1.82. The van der Waals surface area contributed by atoms with E-state index in [1.54, 1.807) is 0 Å². The normalized spacial score (nSPS) is 7.38. The van der Waals surface area contributed by atoms with E-state index in [4.69, 9.17) is 19.2 Å². The minimum Gasteiger partial charge on any atom is -0.412 e. The van der Waals surface area contributed by atoms with Crippen LogP contribution >= 0.6 is 17.7 Å². The highest BCUT2D eigenvalue weighted by Crippen LogP contribution is 2.25. The molecular formula is H11NO5P2. The highest BCUT2D eigenvalue weighted by molar-refractivity contribution is 7.45. The van der Waals surface area contributed by atoms with E-state index in [-0.39, 0.29) is 21.5 Å². The van der Waals surface area contributed by atoms with Gasteiger partial charge in [0.25, 0.3) is 0 Å². The first-order valence-corrected chi connectivity index (χ1v) is 2.35. The van der Waals surface area contributed by atoms with Crippen molar-refractivity contribution < 1.29 is 24.7 Å². The molecule has 0 aromatic heterocycles. The van der Waals surface area contributed by atoms with Crippen LogP contribution in [0.3, 0.4) is 0 Å². The Morgan fingerprint density at radius 1 is 1.12 bits per heavy atom. The third-order valence-corrected chi connectivity index (χ3v) is 0. The Balaban J connectivity index is -0.0000000267. The molecule has 0 aromatic carbocycles. The molecule has 1 atom stereocenters. The Morgan fingerprint density at radius 2 is 1.12 bits per heavy atom. The summed E-state index contributed by atoms with van der Waals surface area (Å²) in [5.41, 5.74) is 0. The molecule has 8 heteroatoms. The molecule has 8 N–H and O–H groups in total. The van der Waals surface area contributed by atoms with E-state index < -0.39 is 7.82 Å². The molecule has 0 saturated heterocycles. The number of phosphoric acid groups is 1. The summed E-state index contributed by atoms with van der Waals surface area (Å²) in [6.45, 7) is 0. The molecule has 0 fully saturated rings. The highest BCUT2D eigenvalue weighted by atomic mass is 31.2. The zero-order valence-electron chi connectivity index (χ0n) is 4.11. The summed E-state index contributed by atoms with van der Waals surface area (Å²) in [6.07, 6.45) is 0. The lowest BCUT2D eigenvalue weighted by Crippen LogP contribution is -1.66. The van der Waals surface area contributed by atoms with Gasteiger partial charge in [-0.05, 0) is 0 Å². The molecule has 56 valence electrons. The number of hydrogen-bond acceptors (Lipinski definition) is 2. The Morgan fingerprint density at radius 3 is 1.12 bits per heavy atom. The van der Waals surface area contributed by atoms with Gasteiger partial charge in [0, 0.05) is 0 Å². The maximum absolute atomic E-state index is 8.88. The van der Waals surface area contributed by atoms with Gasteiger partial charge in [0.1, 0.15) is 0 Å². The summed E-state index contributed by atoms with van der Waals surface area (Å²) < 4.78 is 8.88. The van der Waals surface area contributed by atoms with Gasteiger partial charge >= 0.3 is 7.82 Å². The quantitative estimate of drug-likeness (QED) is 0.323. The van der Waals surface area contributed by atoms with E-state index in [1.807, 2.05) is 0 Å². The van der Waals surface area contributed by atoms with Gasteiger partial charge in [-0.25, -0.2) is 4.57 Å². The van der Waals surface area contributed by atoms with E-state index in [2.05, 4.69) is 0 Å². The Labute approximate surface area is 49.7 Å². The maximum Gasteiger partial charge on any atom is 0.466 e. The van der Waals surface area contributed by atoms with Gasteiger partial charge in [-0.3, -0.25) is 0 Å². The van der Waals surface area contributed by atoms with Gasteiger partial charge < -0.3 is 26.3 Å². The van der Waals surface area contributed by atoms with Crippen LogP contribution in [-0.2, 0) is 4.57 Å². The van der Waals surface area contributed by atoms with Crippen LogP contribution in [0.25, 0.3) is 0 Å². The minimum absolute atomic E-state index is 0. The molecule has 6 nitrogen and oxygen atoms in total. The van der Waals surface area contributed by atoms with Crippen LogP contribution in [-0.4, -0.2) is 20.2 Å². The Hall–Kier alpha value is 0.460. The number of rotatable bonds is 0. The van der Waals surface area contributed by atoms with Crippen molar-refractivity contribution in [1.82, 2.24) is 6.15 Å². The van der Waals surface area contributed by atoms with Crippen LogP contribution in [0.1, 0.15) is 0 Å². The number of hydrogen-bond donors (Lipinski definition) is 4.